The molecule has 2 aliphatic heterocycles. The third-order valence-electron chi connectivity index (χ3n) is 8.14. The molecule has 1 aromatic rings. The molecule has 3 aliphatic rings. The third-order valence-corrected chi connectivity index (χ3v) is 8.37. The minimum Gasteiger partial charge on any atom is -0.461 e. The van der Waals surface area contributed by atoms with E-state index in [9.17, 15) is 4.79 Å². The molecule has 0 amide bonds. The molecule has 1 saturated heterocycles. The van der Waals surface area contributed by atoms with Crippen LogP contribution in [0.1, 0.15) is 90.0 Å². The van der Waals surface area contributed by atoms with Gasteiger partial charge in [-0.1, -0.05) is 69.2 Å². The van der Waals surface area contributed by atoms with Crippen molar-refractivity contribution in [2.24, 2.45) is 11.3 Å². The number of ether oxygens (including phenoxy) is 2. The molecule has 0 bridgehead atoms. The van der Waals surface area contributed by atoms with Crippen molar-refractivity contribution >= 4 is 17.6 Å². The number of fused-ring (bicyclic) bond motifs is 4. The van der Waals surface area contributed by atoms with E-state index in [0.29, 0.717) is 23.0 Å². The molecule has 0 spiro atoms. The first-order valence-electron chi connectivity index (χ1n) is 13.6. The van der Waals surface area contributed by atoms with Crippen LogP contribution in [0, 0.1) is 11.3 Å². The Balaban J connectivity index is 1.42. The first-order valence-corrected chi connectivity index (χ1v) is 14.0. The average Bonchev–Trinajstić information content (AvgIpc) is 3.13. The zero-order valence-electron chi connectivity index (χ0n) is 22.1. The van der Waals surface area contributed by atoms with Gasteiger partial charge in [0.05, 0.1) is 25.6 Å². The van der Waals surface area contributed by atoms with Crippen LogP contribution in [-0.4, -0.2) is 37.3 Å². The second-order valence-corrected chi connectivity index (χ2v) is 12.2. The topological polar surface area (TPSA) is 35.5 Å². The number of rotatable bonds is 10. The van der Waals surface area contributed by atoms with Crippen LogP contribution in [0.25, 0.3) is 0 Å². The quantitative estimate of drug-likeness (QED) is 0.187. The number of unbranched alkanes of at least 4 members (excludes halogenated alkanes) is 5. The van der Waals surface area contributed by atoms with Crippen LogP contribution in [0.3, 0.4) is 0 Å². The van der Waals surface area contributed by atoms with E-state index in [4.69, 9.17) is 21.1 Å². The Hall–Kier alpha value is -1.78. The number of likely N-dealkylation sites (N-methyl/N-ethyl adjacent to an activating group) is 1. The maximum atomic E-state index is 13.1. The molecule has 2 heterocycles. The molecular weight excluding hydrogens is 458 g/mol. The van der Waals surface area contributed by atoms with Crippen molar-refractivity contribution in [1.82, 2.24) is 0 Å². The molecule has 0 aromatic heterocycles. The molecule has 1 fully saturated rings. The summed E-state index contributed by atoms with van der Waals surface area (Å²) in [5.74, 6) is 2.57. The van der Waals surface area contributed by atoms with Crippen molar-refractivity contribution in [3.8, 4) is 5.75 Å². The van der Waals surface area contributed by atoms with Crippen LogP contribution in [0.5, 0.6) is 5.75 Å². The van der Waals surface area contributed by atoms with Crippen LogP contribution < -0.4 is 4.74 Å². The summed E-state index contributed by atoms with van der Waals surface area (Å²) in [5, 5.41) is 0.741. The second kappa shape index (κ2) is 11.1. The summed E-state index contributed by atoms with van der Waals surface area (Å²) in [6, 6.07) is 5.99. The summed E-state index contributed by atoms with van der Waals surface area (Å²) in [6.45, 7) is 8.55. The number of likely N-dealkylation sites (tertiary alicyclic amines) is 1. The van der Waals surface area contributed by atoms with Crippen LogP contribution in [0.4, 0.5) is 0 Å². The normalized spacial score (nSPS) is 25.4. The van der Waals surface area contributed by atoms with Gasteiger partial charge in [-0.15, -0.1) is 0 Å². The zero-order chi connectivity index (χ0) is 25.1. The predicted molar refractivity (Wildman–Crippen MR) is 142 cm³/mol. The van der Waals surface area contributed by atoms with Crippen molar-refractivity contribution in [2.45, 2.75) is 84.5 Å². The number of allylic oxidation sites excluding steroid dienone is 3. The number of benzene rings is 1. The fraction of sp³-hybridized carbons (Fsp3) is 0.633. The second-order valence-electron chi connectivity index (χ2n) is 11.8. The van der Waals surface area contributed by atoms with E-state index in [1.807, 2.05) is 26.0 Å². The standard InChI is InChI=1S/C30H43ClNO3/c1-5-6-7-8-9-12-17-30(2,3)29(33)34-21-32(4)19-25-23-13-10-11-14-27(23)35-28-16-15-22(31)18-24(28)26(25)20-32/h10,13,15-16,18,25-26H,5-9,11-12,14,17,19-21H2,1-4H3/q+1. The maximum Gasteiger partial charge on any atom is 0.315 e. The Labute approximate surface area is 216 Å². The average molecular weight is 501 g/mol. The molecule has 1 aromatic carbocycles. The maximum absolute atomic E-state index is 13.1. The van der Waals surface area contributed by atoms with E-state index in [2.05, 4.69) is 32.2 Å². The highest BCUT2D eigenvalue weighted by Gasteiger charge is 2.49. The SMILES string of the molecule is CCCCCCCCC(C)(C)C(=O)OC[N+]1(C)CC2C3=C(CCC=C3)Oc3ccc(Cl)cc3C2C1. The Bertz CT molecular complexity index is 982. The summed E-state index contributed by atoms with van der Waals surface area (Å²) < 4.78 is 13.1. The fourth-order valence-electron chi connectivity index (χ4n) is 6.01. The van der Waals surface area contributed by atoms with Gasteiger partial charge in [0.2, 0.25) is 6.73 Å². The molecule has 35 heavy (non-hydrogen) atoms. The number of carbonyl (C=O) groups excluding carboxylic acids is 1. The van der Waals surface area contributed by atoms with Crippen LogP contribution in [0.2, 0.25) is 5.02 Å². The summed E-state index contributed by atoms with van der Waals surface area (Å²) in [4.78, 5) is 13.1. The highest BCUT2D eigenvalue weighted by molar-refractivity contribution is 6.30. The van der Waals surface area contributed by atoms with Crippen molar-refractivity contribution in [2.75, 3.05) is 26.9 Å². The van der Waals surface area contributed by atoms with E-state index < -0.39 is 5.41 Å². The lowest BCUT2D eigenvalue weighted by Crippen LogP contribution is -2.46. The minimum absolute atomic E-state index is 0.0678. The molecule has 192 valence electrons. The van der Waals surface area contributed by atoms with Crippen LogP contribution in [0.15, 0.2) is 41.7 Å². The molecule has 5 heteroatoms. The molecule has 0 N–H and O–H groups in total. The monoisotopic (exact) mass is 500 g/mol. The van der Waals surface area contributed by atoms with E-state index in [1.54, 1.807) is 0 Å². The lowest BCUT2D eigenvalue weighted by atomic mass is 9.82. The number of hydrogen-bond acceptors (Lipinski definition) is 3. The molecule has 3 atom stereocenters. The van der Waals surface area contributed by atoms with Gasteiger partial charge in [0.1, 0.15) is 11.5 Å². The first-order chi connectivity index (χ1) is 16.7. The van der Waals surface area contributed by atoms with Crippen molar-refractivity contribution in [3.63, 3.8) is 0 Å². The van der Waals surface area contributed by atoms with Gasteiger partial charge in [-0.25, -0.2) is 0 Å². The molecule has 1 aliphatic carbocycles. The zero-order valence-corrected chi connectivity index (χ0v) is 22.8. The van der Waals surface area contributed by atoms with E-state index in [-0.39, 0.29) is 5.97 Å². The van der Waals surface area contributed by atoms with Gasteiger partial charge in [0.25, 0.3) is 0 Å². The molecule has 4 rings (SSSR count). The molecular formula is C30H43ClNO3+. The highest BCUT2D eigenvalue weighted by Crippen LogP contribution is 2.49. The summed E-state index contributed by atoms with van der Waals surface area (Å²) >= 11 is 6.42. The van der Waals surface area contributed by atoms with Crippen molar-refractivity contribution in [1.29, 1.82) is 0 Å². The number of esters is 1. The predicted octanol–water partition coefficient (Wildman–Crippen LogP) is 7.77. The van der Waals surface area contributed by atoms with Crippen molar-refractivity contribution in [3.05, 3.63) is 52.3 Å². The Kier molecular flexibility index (Phi) is 8.33. The highest BCUT2D eigenvalue weighted by atomic mass is 35.5. The Morgan fingerprint density at radius 2 is 1.89 bits per heavy atom. The van der Waals surface area contributed by atoms with Gasteiger partial charge in [-0.2, -0.15) is 0 Å². The number of nitrogens with zero attached hydrogens (tertiary/aromatic N) is 1. The Morgan fingerprint density at radius 1 is 1.14 bits per heavy atom. The fourth-order valence-corrected chi connectivity index (χ4v) is 6.19. The van der Waals surface area contributed by atoms with Gasteiger partial charge < -0.3 is 9.47 Å². The van der Waals surface area contributed by atoms with Gasteiger partial charge in [0.15, 0.2) is 0 Å². The molecule has 0 saturated carbocycles. The van der Waals surface area contributed by atoms with E-state index >= 15 is 0 Å². The van der Waals surface area contributed by atoms with Crippen molar-refractivity contribution < 1.29 is 18.8 Å². The smallest absolute Gasteiger partial charge is 0.315 e. The Morgan fingerprint density at radius 3 is 2.69 bits per heavy atom. The minimum atomic E-state index is -0.441. The number of carbonyl (C=O) groups is 1. The van der Waals surface area contributed by atoms with Crippen LogP contribution in [-0.2, 0) is 9.53 Å². The third kappa shape index (κ3) is 6.14. The largest absolute Gasteiger partial charge is 0.461 e. The number of quaternary nitrogens is 1. The summed E-state index contributed by atoms with van der Waals surface area (Å²) in [7, 11) is 2.22. The molecule has 0 radical (unpaired) electrons. The first kappa shape index (κ1) is 26.3. The van der Waals surface area contributed by atoms with Gasteiger partial charge in [0, 0.05) is 28.8 Å². The summed E-state index contributed by atoms with van der Waals surface area (Å²) in [6.07, 6.45) is 14.8. The summed E-state index contributed by atoms with van der Waals surface area (Å²) in [5.41, 5.74) is 2.05. The van der Waals surface area contributed by atoms with Crippen LogP contribution >= 0.6 is 11.6 Å². The molecule has 4 nitrogen and oxygen atoms in total. The van der Waals surface area contributed by atoms with Gasteiger partial charge in [-0.05, 0) is 50.5 Å². The van der Waals surface area contributed by atoms with Gasteiger partial charge in [-0.3, -0.25) is 9.28 Å². The lowest BCUT2D eigenvalue weighted by molar-refractivity contribution is -0.916. The number of hydrogen-bond donors (Lipinski definition) is 0. The van der Waals surface area contributed by atoms with E-state index in [1.165, 1.54) is 43.2 Å². The lowest BCUT2D eigenvalue weighted by Gasteiger charge is -2.31. The molecule has 3 unspecified atom stereocenters. The van der Waals surface area contributed by atoms with Gasteiger partial charge >= 0.3 is 5.97 Å². The van der Waals surface area contributed by atoms with E-state index in [0.717, 1.165) is 55.3 Å². The number of halogens is 1.